The third-order valence-electron chi connectivity index (χ3n) is 2.92. The van der Waals surface area contributed by atoms with Crippen LogP contribution in [0.4, 0.5) is 0 Å². The van der Waals surface area contributed by atoms with Crippen LogP contribution in [-0.4, -0.2) is 18.9 Å². The van der Waals surface area contributed by atoms with E-state index >= 15 is 0 Å². The number of benzene rings is 2. The second kappa shape index (κ2) is 7.24. The lowest BCUT2D eigenvalue weighted by Gasteiger charge is -2.07. The minimum atomic E-state index is -0.828. The number of methoxy groups -OCH3 is 1. The molecule has 0 N–H and O–H groups in total. The molecule has 0 saturated carbocycles. The van der Waals surface area contributed by atoms with Crippen molar-refractivity contribution in [1.82, 2.24) is 0 Å². The molecule has 0 aromatic heterocycles. The summed E-state index contributed by atoms with van der Waals surface area (Å²) in [6.07, 6.45) is 0.00914. The van der Waals surface area contributed by atoms with Crippen LogP contribution in [0, 0.1) is 0 Å². The highest BCUT2D eigenvalue weighted by molar-refractivity contribution is 6.34. The highest BCUT2D eigenvalue weighted by Crippen LogP contribution is 2.16. The number of hydrogen-bond acceptors (Lipinski definition) is 4. The van der Waals surface area contributed by atoms with Crippen molar-refractivity contribution in [3.63, 3.8) is 0 Å². The van der Waals surface area contributed by atoms with E-state index in [0.717, 1.165) is 11.1 Å². The first-order valence-electron chi connectivity index (χ1n) is 6.56. The highest BCUT2D eigenvalue weighted by Gasteiger charge is 2.14. The molecular formula is C17H16O4. The van der Waals surface area contributed by atoms with Crippen molar-refractivity contribution in [1.29, 1.82) is 0 Å². The van der Waals surface area contributed by atoms with Crippen LogP contribution in [0.25, 0.3) is 0 Å². The summed E-state index contributed by atoms with van der Waals surface area (Å²) < 4.78 is 10.1. The zero-order valence-corrected chi connectivity index (χ0v) is 11.7. The van der Waals surface area contributed by atoms with Crippen molar-refractivity contribution in [3.05, 3.63) is 65.7 Å². The van der Waals surface area contributed by atoms with Crippen LogP contribution in [0.3, 0.4) is 0 Å². The van der Waals surface area contributed by atoms with Gasteiger partial charge in [-0.25, -0.2) is 4.79 Å². The molecule has 0 atom stereocenters. The van der Waals surface area contributed by atoms with Gasteiger partial charge in [0.2, 0.25) is 5.78 Å². The van der Waals surface area contributed by atoms with Crippen LogP contribution >= 0.6 is 0 Å². The number of esters is 1. The van der Waals surface area contributed by atoms with Gasteiger partial charge in [-0.05, 0) is 23.3 Å². The molecule has 0 bridgehead atoms. The lowest BCUT2D eigenvalue weighted by Crippen LogP contribution is -2.17. The van der Waals surface area contributed by atoms with Crippen LogP contribution in [-0.2, 0) is 27.4 Å². The maximum atomic E-state index is 11.5. The van der Waals surface area contributed by atoms with Crippen molar-refractivity contribution in [3.8, 4) is 5.75 Å². The minimum absolute atomic E-state index is 0.00914. The predicted octanol–water partition coefficient (Wildman–Crippen LogP) is 2.55. The molecule has 0 fully saturated rings. The number of Topliss-reactive ketones (excluding diaryl/α,β-unsaturated/α-hetero) is 1. The van der Waals surface area contributed by atoms with Gasteiger partial charge in [-0.3, -0.25) is 4.79 Å². The summed E-state index contributed by atoms with van der Waals surface area (Å²) >= 11 is 0. The number of ether oxygens (including phenoxy) is 2. The molecule has 4 nitrogen and oxygen atoms in total. The number of rotatable bonds is 6. The first kappa shape index (κ1) is 14.8. The summed E-state index contributed by atoms with van der Waals surface area (Å²) in [5.74, 6) is -0.739. The van der Waals surface area contributed by atoms with Gasteiger partial charge in [0.25, 0.3) is 0 Å². The molecule has 0 amide bonds. The zero-order chi connectivity index (χ0) is 15.1. The van der Waals surface area contributed by atoms with E-state index < -0.39 is 11.8 Å². The normalized spacial score (nSPS) is 9.95. The quantitative estimate of drug-likeness (QED) is 0.604. The molecule has 4 heteroatoms. The third-order valence-corrected chi connectivity index (χ3v) is 2.92. The zero-order valence-electron chi connectivity index (χ0n) is 11.7. The van der Waals surface area contributed by atoms with Gasteiger partial charge in [-0.1, -0.05) is 42.5 Å². The second-order valence-corrected chi connectivity index (χ2v) is 4.51. The fourth-order valence-electron chi connectivity index (χ4n) is 1.86. The van der Waals surface area contributed by atoms with Gasteiger partial charge in [0.05, 0.1) is 7.11 Å². The molecule has 2 aromatic carbocycles. The lowest BCUT2D eigenvalue weighted by molar-refractivity contribution is -0.151. The third kappa shape index (κ3) is 4.45. The van der Waals surface area contributed by atoms with E-state index in [9.17, 15) is 9.59 Å². The Morgan fingerprint density at radius 3 is 2.38 bits per heavy atom. The molecule has 0 unspecified atom stereocenters. The SMILES string of the molecule is COC(=O)C(=O)Cc1cccc(OCc2ccccc2)c1. The van der Waals surface area contributed by atoms with Crippen molar-refractivity contribution in [2.45, 2.75) is 13.0 Å². The molecule has 108 valence electrons. The molecule has 2 aromatic rings. The fraction of sp³-hybridized carbons (Fsp3) is 0.176. The van der Waals surface area contributed by atoms with Gasteiger partial charge < -0.3 is 9.47 Å². The van der Waals surface area contributed by atoms with E-state index in [1.165, 1.54) is 7.11 Å². The summed E-state index contributed by atoms with van der Waals surface area (Å²) in [4.78, 5) is 22.6. The molecule has 21 heavy (non-hydrogen) atoms. The van der Waals surface area contributed by atoms with Gasteiger partial charge in [-0.2, -0.15) is 0 Å². The topological polar surface area (TPSA) is 52.6 Å². The van der Waals surface area contributed by atoms with Crippen molar-refractivity contribution in [2.75, 3.05) is 7.11 Å². The van der Waals surface area contributed by atoms with E-state index in [2.05, 4.69) is 4.74 Å². The average molecular weight is 284 g/mol. The first-order chi connectivity index (χ1) is 10.2. The van der Waals surface area contributed by atoms with E-state index in [1.807, 2.05) is 36.4 Å². The molecule has 0 saturated heterocycles. The second-order valence-electron chi connectivity index (χ2n) is 4.51. The average Bonchev–Trinajstić information content (AvgIpc) is 2.53. The van der Waals surface area contributed by atoms with Crippen LogP contribution in [0.5, 0.6) is 5.75 Å². The summed E-state index contributed by atoms with van der Waals surface area (Å²) in [7, 11) is 1.19. The number of carbonyl (C=O) groups excluding carboxylic acids is 2. The summed E-state index contributed by atoms with van der Waals surface area (Å²) in [5.41, 5.74) is 1.78. The Labute approximate surface area is 123 Å². The number of ketones is 1. The van der Waals surface area contributed by atoms with Gasteiger partial charge in [0, 0.05) is 6.42 Å². The minimum Gasteiger partial charge on any atom is -0.489 e. The number of hydrogen-bond donors (Lipinski definition) is 0. The highest BCUT2D eigenvalue weighted by atomic mass is 16.5. The molecule has 0 heterocycles. The molecule has 0 aliphatic carbocycles. The van der Waals surface area contributed by atoms with Crippen molar-refractivity contribution >= 4 is 11.8 Å². The van der Waals surface area contributed by atoms with Crippen LogP contribution in [0.2, 0.25) is 0 Å². The Morgan fingerprint density at radius 1 is 0.952 bits per heavy atom. The monoisotopic (exact) mass is 284 g/mol. The molecule has 2 rings (SSSR count). The van der Waals surface area contributed by atoms with Crippen LogP contribution in [0.1, 0.15) is 11.1 Å². The maximum absolute atomic E-state index is 11.5. The van der Waals surface area contributed by atoms with Crippen LogP contribution < -0.4 is 4.74 Å². The van der Waals surface area contributed by atoms with E-state index in [0.29, 0.717) is 12.4 Å². The van der Waals surface area contributed by atoms with Gasteiger partial charge in [0.1, 0.15) is 12.4 Å². The standard InChI is InChI=1S/C17H16O4/c1-20-17(19)16(18)11-14-8-5-9-15(10-14)21-12-13-6-3-2-4-7-13/h2-10H,11-12H2,1H3. The molecule has 0 spiro atoms. The van der Waals surface area contributed by atoms with E-state index in [4.69, 9.17) is 4.74 Å². The summed E-state index contributed by atoms with van der Waals surface area (Å²) in [6, 6.07) is 16.9. The smallest absolute Gasteiger partial charge is 0.374 e. The Bertz CT molecular complexity index is 620. The van der Waals surface area contributed by atoms with Crippen molar-refractivity contribution < 1.29 is 19.1 Å². The Kier molecular flexibility index (Phi) is 5.10. The lowest BCUT2D eigenvalue weighted by atomic mass is 10.1. The predicted molar refractivity (Wildman–Crippen MR) is 77.9 cm³/mol. The first-order valence-corrected chi connectivity index (χ1v) is 6.56. The Balaban J connectivity index is 1.98. The Hall–Kier alpha value is -2.62. The molecule has 0 radical (unpaired) electrons. The molecule has 0 aliphatic heterocycles. The van der Waals surface area contributed by atoms with Crippen molar-refractivity contribution in [2.24, 2.45) is 0 Å². The summed E-state index contributed by atoms with van der Waals surface area (Å²) in [6.45, 7) is 0.454. The number of carbonyl (C=O) groups is 2. The Morgan fingerprint density at radius 2 is 1.67 bits per heavy atom. The maximum Gasteiger partial charge on any atom is 0.374 e. The molecular weight excluding hydrogens is 268 g/mol. The van der Waals surface area contributed by atoms with Gasteiger partial charge in [0.15, 0.2) is 0 Å². The van der Waals surface area contributed by atoms with Gasteiger partial charge >= 0.3 is 5.97 Å². The van der Waals surface area contributed by atoms with E-state index in [1.54, 1.807) is 18.2 Å². The largest absolute Gasteiger partial charge is 0.489 e. The van der Waals surface area contributed by atoms with E-state index in [-0.39, 0.29) is 6.42 Å². The molecule has 0 aliphatic rings. The van der Waals surface area contributed by atoms with Gasteiger partial charge in [-0.15, -0.1) is 0 Å². The summed E-state index contributed by atoms with van der Waals surface area (Å²) in [5, 5.41) is 0. The van der Waals surface area contributed by atoms with Crippen LogP contribution in [0.15, 0.2) is 54.6 Å². The fourth-order valence-corrected chi connectivity index (χ4v) is 1.86.